The van der Waals surface area contributed by atoms with Crippen LogP contribution in [0.2, 0.25) is 5.02 Å². The first-order valence-electron chi connectivity index (χ1n) is 8.44. The number of ether oxygens (including phenoxy) is 2. The molecule has 0 unspecified atom stereocenters. The first-order valence-corrected chi connectivity index (χ1v) is 9.53. The van der Waals surface area contributed by atoms with Crippen molar-refractivity contribution in [3.05, 3.63) is 52.5 Å². The highest BCUT2D eigenvalue weighted by Crippen LogP contribution is 2.33. The number of anilines is 1. The Morgan fingerprint density at radius 3 is 2.74 bits per heavy atom. The van der Waals surface area contributed by atoms with Gasteiger partial charge in [-0.2, -0.15) is 0 Å². The number of amides is 2. The van der Waals surface area contributed by atoms with E-state index in [1.807, 2.05) is 25.1 Å². The molecule has 0 saturated carbocycles. The summed E-state index contributed by atoms with van der Waals surface area (Å²) in [6.07, 6.45) is 1.09. The number of hydrogen-bond donors (Lipinski definition) is 1. The van der Waals surface area contributed by atoms with Gasteiger partial charge in [0.25, 0.3) is 5.91 Å². The van der Waals surface area contributed by atoms with E-state index in [9.17, 15) is 9.59 Å². The first-order chi connectivity index (χ1) is 13.0. The lowest BCUT2D eigenvalue weighted by molar-refractivity contribution is -0.117. The number of nitrogens with zero attached hydrogens (tertiary/aromatic N) is 1. The van der Waals surface area contributed by atoms with Crippen molar-refractivity contribution in [1.82, 2.24) is 5.32 Å². The number of fused-ring (bicyclic) bond motifs is 1. The maximum Gasteiger partial charge on any atom is 0.251 e. The van der Waals surface area contributed by atoms with Gasteiger partial charge in [0, 0.05) is 18.5 Å². The van der Waals surface area contributed by atoms with Gasteiger partial charge < -0.3 is 14.8 Å². The lowest BCUT2D eigenvalue weighted by Crippen LogP contribution is -2.24. The molecule has 1 aliphatic rings. The van der Waals surface area contributed by atoms with Gasteiger partial charge in [-0.3, -0.25) is 9.59 Å². The van der Waals surface area contributed by atoms with Crippen molar-refractivity contribution in [2.75, 3.05) is 10.7 Å². The third-order valence-corrected chi connectivity index (χ3v) is 5.09. The molecule has 0 aliphatic carbocycles. The fraction of sp³-hybridized carbons (Fsp3) is 0.263. The van der Waals surface area contributed by atoms with Crippen LogP contribution >= 0.6 is 27.7 Å². The lowest BCUT2D eigenvalue weighted by atomic mass is 10.1. The monoisotopic (exact) mass is 452 g/mol. The Morgan fingerprint density at radius 2 is 1.96 bits per heavy atom. The van der Waals surface area contributed by atoms with E-state index in [1.54, 1.807) is 18.2 Å². The van der Waals surface area contributed by atoms with E-state index in [-0.39, 0.29) is 18.6 Å². The normalized spacial score (nSPS) is 12.0. The molecule has 0 bridgehead atoms. The molecule has 2 amide bonds. The van der Waals surface area contributed by atoms with E-state index in [4.69, 9.17) is 21.1 Å². The van der Waals surface area contributed by atoms with Crippen molar-refractivity contribution in [1.29, 1.82) is 0 Å². The average molecular weight is 454 g/mol. The van der Waals surface area contributed by atoms with E-state index in [1.165, 1.54) is 3.93 Å². The van der Waals surface area contributed by atoms with E-state index in [0.29, 0.717) is 47.2 Å². The Labute approximate surface area is 170 Å². The van der Waals surface area contributed by atoms with E-state index >= 15 is 0 Å². The van der Waals surface area contributed by atoms with Crippen LogP contribution in [0.3, 0.4) is 0 Å². The van der Waals surface area contributed by atoms with Gasteiger partial charge in [0.15, 0.2) is 11.5 Å². The van der Waals surface area contributed by atoms with Crippen LogP contribution in [0.4, 0.5) is 5.69 Å². The van der Waals surface area contributed by atoms with Crippen LogP contribution in [0.25, 0.3) is 0 Å². The molecule has 27 heavy (non-hydrogen) atoms. The van der Waals surface area contributed by atoms with Crippen molar-refractivity contribution in [2.45, 2.75) is 26.3 Å². The van der Waals surface area contributed by atoms with Crippen molar-refractivity contribution in [3.8, 4) is 11.5 Å². The molecule has 0 fully saturated rings. The largest absolute Gasteiger partial charge is 0.454 e. The van der Waals surface area contributed by atoms with Crippen LogP contribution in [0.5, 0.6) is 11.5 Å². The number of rotatable bonds is 6. The zero-order valence-electron chi connectivity index (χ0n) is 14.6. The summed E-state index contributed by atoms with van der Waals surface area (Å²) in [6, 6.07) is 10.3. The molecular formula is C19H18BrClN2O4. The first kappa shape index (κ1) is 19.5. The zero-order valence-corrected chi connectivity index (χ0v) is 17.0. The maximum atomic E-state index is 12.5. The summed E-state index contributed by atoms with van der Waals surface area (Å²) in [5.41, 5.74) is 1.73. The number of hydrogen-bond acceptors (Lipinski definition) is 4. The van der Waals surface area contributed by atoms with Gasteiger partial charge in [-0.05, 0) is 42.3 Å². The summed E-state index contributed by atoms with van der Waals surface area (Å²) in [5, 5.41) is 3.23. The molecule has 3 rings (SSSR count). The van der Waals surface area contributed by atoms with Gasteiger partial charge in [0.1, 0.15) is 0 Å². The molecular weight excluding hydrogens is 436 g/mol. The highest BCUT2D eigenvalue weighted by Gasteiger charge is 2.18. The summed E-state index contributed by atoms with van der Waals surface area (Å²) >= 11 is 9.42. The molecule has 0 saturated heterocycles. The number of halogens is 2. The number of nitrogens with one attached hydrogen (secondary N) is 1. The standard InChI is InChI=1S/C19H18BrClN2O4/c1-2-3-18(24)23(20)15-9-13(5-6-14(15)21)19(25)22-10-12-4-7-16-17(8-12)27-11-26-16/h4-9H,2-3,10-11H2,1H3,(H,22,25). The van der Waals surface area contributed by atoms with Crippen LogP contribution in [0.1, 0.15) is 35.7 Å². The SMILES string of the molecule is CCCC(=O)N(Br)c1cc(C(=O)NCc2ccc3c(c2)OCO3)ccc1Cl. The van der Waals surface area contributed by atoms with Gasteiger partial charge in [-0.1, -0.05) is 24.6 Å². The molecule has 0 spiro atoms. The smallest absolute Gasteiger partial charge is 0.251 e. The second-order valence-electron chi connectivity index (χ2n) is 5.96. The second kappa shape index (κ2) is 8.63. The van der Waals surface area contributed by atoms with Gasteiger partial charge in [-0.25, -0.2) is 3.93 Å². The van der Waals surface area contributed by atoms with Crippen LogP contribution in [-0.2, 0) is 11.3 Å². The third kappa shape index (κ3) is 4.54. The molecule has 2 aromatic rings. The highest BCUT2D eigenvalue weighted by molar-refractivity contribution is 9.10. The average Bonchev–Trinajstić information content (AvgIpc) is 3.14. The molecule has 0 radical (unpaired) electrons. The van der Waals surface area contributed by atoms with Crippen molar-refractivity contribution >= 4 is 45.2 Å². The molecule has 1 heterocycles. The van der Waals surface area contributed by atoms with E-state index in [2.05, 4.69) is 21.5 Å². The van der Waals surface area contributed by atoms with Crippen molar-refractivity contribution in [3.63, 3.8) is 0 Å². The second-order valence-corrected chi connectivity index (χ2v) is 7.08. The minimum Gasteiger partial charge on any atom is -0.454 e. The molecule has 6 nitrogen and oxygen atoms in total. The Bertz CT molecular complexity index is 875. The molecule has 142 valence electrons. The summed E-state index contributed by atoms with van der Waals surface area (Å²) in [5.74, 6) is 0.966. The van der Waals surface area contributed by atoms with Crippen molar-refractivity contribution < 1.29 is 19.1 Å². The lowest BCUT2D eigenvalue weighted by Gasteiger charge is -2.17. The molecule has 2 aromatic carbocycles. The van der Waals surface area contributed by atoms with Crippen LogP contribution in [-0.4, -0.2) is 18.6 Å². The van der Waals surface area contributed by atoms with Gasteiger partial charge in [-0.15, -0.1) is 0 Å². The number of benzene rings is 2. The predicted octanol–water partition coefficient (Wildman–Crippen LogP) is 4.44. The van der Waals surface area contributed by atoms with E-state index in [0.717, 1.165) is 5.56 Å². The van der Waals surface area contributed by atoms with Gasteiger partial charge in [0.2, 0.25) is 12.7 Å². The molecule has 1 aliphatic heterocycles. The third-order valence-electron chi connectivity index (χ3n) is 3.99. The Balaban J connectivity index is 1.69. The molecule has 0 aromatic heterocycles. The minimum atomic E-state index is -0.269. The highest BCUT2D eigenvalue weighted by atomic mass is 79.9. The Hall–Kier alpha value is -2.25. The minimum absolute atomic E-state index is 0.127. The summed E-state index contributed by atoms with van der Waals surface area (Å²) in [7, 11) is 0. The van der Waals surface area contributed by atoms with Crippen molar-refractivity contribution in [2.24, 2.45) is 0 Å². The molecule has 0 atom stereocenters. The quantitative estimate of drug-likeness (QED) is 0.657. The predicted molar refractivity (Wildman–Crippen MR) is 107 cm³/mol. The Morgan fingerprint density at radius 1 is 1.19 bits per heavy atom. The Kier molecular flexibility index (Phi) is 6.23. The molecule has 8 heteroatoms. The fourth-order valence-corrected chi connectivity index (χ4v) is 3.36. The number of carbonyl (C=O) groups is 2. The van der Waals surface area contributed by atoms with E-state index < -0.39 is 0 Å². The fourth-order valence-electron chi connectivity index (χ4n) is 2.59. The van der Waals surface area contributed by atoms with Crippen LogP contribution in [0, 0.1) is 0 Å². The molecule has 1 N–H and O–H groups in total. The topological polar surface area (TPSA) is 67.9 Å². The van der Waals surface area contributed by atoms with Crippen LogP contribution < -0.4 is 18.7 Å². The van der Waals surface area contributed by atoms with Crippen LogP contribution in [0.15, 0.2) is 36.4 Å². The summed E-state index contributed by atoms with van der Waals surface area (Å²) < 4.78 is 11.9. The summed E-state index contributed by atoms with van der Waals surface area (Å²) in [6.45, 7) is 2.46. The zero-order chi connectivity index (χ0) is 19.4. The summed E-state index contributed by atoms with van der Waals surface area (Å²) in [4.78, 5) is 24.6. The maximum absolute atomic E-state index is 12.5. The number of carbonyl (C=O) groups excluding carboxylic acids is 2. The van der Waals surface area contributed by atoms with Gasteiger partial charge >= 0.3 is 0 Å². The van der Waals surface area contributed by atoms with Gasteiger partial charge in [0.05, 0.1) is 26.9 Å².